The van der Waals surface area contributed by atoms with E-state index in [9.17, 15) is 9.59 Å². The SMILES string of the molecule is O=C(Cn1cnc2c(cnn2-c2ccccc2)c1=O)N1CCC[C@@H]1c1ccc2c(c1)OCCO2. The van der Waals surface area contributed by atoms with Crippen LogP contribution in [0.3, 0.4) is 0 Å². The first-order valence-electron chi connectivity index (χ1n) is 11.4. The van der Waals surface area contributed by atoms with Gasteiger partial charge < -0.3 is 14.4 Å². The Hall–Kier alpha value is -4.14. The van der Waals surface area contributed by atoms with Crippen LogP contribution in [-0.4, -0.2) is 49.9 Å². The Balaban J connectivity index is 1.25. The molecule has 2 aliphatic rings. The average molecular weight is 457 g/mol. The van der Waals surface area contributed by atoms with Crippen LogP contribution in [-0.2, 0) is 11.3 Å². The summed E-state index contributed by atoms with van der Waals surface area (Å²) in [5, 5.41) is 4.71. The topological polar surface area (TPSA) is 91.5 Å². The van der Waals surface area contributed by atoms with Crippen LogP contribution in [0, 0.1) is 0 Å². The fourth-order valence-electron chi connectivity index (χ4n) is 4.73. The standard InChI is InChI=1S/C25H23N5O4/c31-23(29-10-4-7-20(29)17-8-9-21-22(13-17)34-12-11-33-21)15-28-16-26-24-19(25(28)32)14-27-30(24)18-5-2-1-3-6-18/h1-3,5-6,8-9,13-14,16,20H,4,7,10-12,15H2/t20-/m1/s1. The molecule has 1 fully saturated rings. The zero-order chi connectivity index (χ0) is 23.1. The van der Waals surface area contributed by atoms with Crippen LogP contribution in [0.25, 0.3) is 16.7 Å². The van der Waals surface area contributed by atoms with E-state index in [1.54, 1.807) is 4.68 Å². The molecule has 4 aromatic rings. The van der Waals surface area contributed by atoms with E-state index >= 15 is 0 Å². The zero-order valence-electron chi connectivity index (χ0n) is 18.5. The number of amides is 1. The number of ether oxygens (including phenoxy) is 2. The maximum Gasteiger partial charge on any atom is 0.264 e. The molecule has 4 heterocycles. The van der Waals surface area contributed by atoms with Crippen molar-refractivity contribution in [2.75, 3.05) is 19.8 Å². The Morgan fingerprint density at radius 2 is 1.88 bits per heavy atom. The van der Waals surface area contributed by atoms with Crippen molar-refractivity contribution in [3.8, 4) is 17.2 Å². The third-order valence-corrected chi connectivity index (χ3v) is 6.39. The summed E-state index contributed by atoms with van der Waals surface area (Å²) in [5.74, 6) is 1.33. The smallest absolute Gasteiger partial charge is 0.264 e. The molecule has 0 aliphatic carbocycles. The van der Waals surface area contributed by atoms with Gasteiger partial charge in [-0.1, -0.05) is 24.3 Å². The Labute approximate surface area is 195 Å². The van der Waals surface area contributed by atoms with E-state index in [4.69, 9.17) is 9.47 Å². The number of aromatic nitrogens is 4. The summed E-state index contributed by atoms with van der Waals surface area (Å²) < 4.78 is 14.3. The lowest BCUT2D eigenvalue weighted by Crippen LogP contribution is -2.36. The fourth-order valence-corrected chi connectivity index (χ4v) is 4.73. The lowest BCUT2D eigenvalue weighted by atomic mass is 10.0. The molecule has 172 valence electrons. The Bertz CT molecular complexity index is 1430. The molecule has 2 aliphatic heterocycles. The van der Waals surface area contributed by atoms with E-state index in [0.717, 1.165) is 29.8 Å². The van der Waals surface area contributed by atoms with Gasteiger partial charge in [0.2, 0.25) is 5.91 Å². The highest BCUT2D eigenvalue weighted by Gasteiger charge is 2.31. The van der Waals surface area contributed by atoms with Gasteiger partial charge in [-0.3, -0.25) is 14.2 Å². The summed E-state index contributed by atoms with van der Waals surface area (Å²) in [6, 6.07) is 15.3. The number of nitrogens with zero attached hydrogens (tertiary/aromatic N) is 5. The number of hydrogen-bond acceptors (Lipinski definition) is 6. The second kappa shape index (κ2) is 8.33. The van der Waals surface area contributed by atoms with Gasteiger partial charge in [0, 0.05) is 6.54 Å². The summed E-state index contributed by atoms with van der Waals surface area (Å²) >= 11 is 0. The Morgan fingerprint density at radius 3 is 2.74 bits per heavy atom. The van der Waals surface area contributed by atoms with Crippen molar-refractivity contribution in [1.82, 2.24) is 24.2 Å². The number of benzene rings is 2. The average Bonchev–Trinajstić information content (AvgIpc) is 3.54. The lowest BCUT2D eigenvalue weighted by molar-refractivity contribution is -0.132. The summed E-state index contributed by atoms with van der Waals surface area (Å²) in [6.07, 6.45) is 4.70. The second-order valence-corrected chi connectivity index (χ2v) is 8.46. The van der Waals surface area contributed by atoms with Gasteiger partial charge in [0.1, 0.15) is 31.5 Å². The van der Waals surface area contributed by atoms with E-state index in [1.807, 2.05) is 53.4 Å². The molecule has 1 saturated heterocycles. The largest absolute Gasteiger partial charge is 0.486 e. The third-order valence-electron chi connectivity index (χ3n) is 6.39. The molecule has 2 aromatic heterocycles. The lowest BCUT2D eigenvalue weighted by Gasteiger charge is -2.27. The van der Waals surface area contributed by atoms with Crippen molar-refractivity contribution in [2.45, 2.75) is 25.4 Å². The molecule has 2 aromatic carbocycles. The molecular formula is C25H23N5O4. The predicted octanol–water partition coefficient (Wildman–Crippen LogP) is 2.72. The monoisotopic (exact) mass is 457 g/mol. The van der Waals surface area contributed by atoms with Crippen LogP contribution in [0.2, 0.25) is 0 Å². The number of likely N-dealkylation sites (tertiary alicyclic amines) is 1. The summed E-state index contributed by atoms with van der Waals surface area (Å²) in [7, 11) is 0. The van der Waals surface area contributed by atoms with Crippen LogP contribution >= 0.6 is 0 Å². The van der Waals surface area contributed by atoms with Gasteiger partial charge in [0.05, 0.1) is 17.9 Å². The fraction of sp³-hybridized carbons (Fsp3) is 0.280. The minimum atomic E-state index is -0.282. The quantitative estimate of drug-likeness (QED) is 0.468. The molecule has 0 N–H and O–H groups in total. The first-order valence-corrected chi connectivity index (χ1v) is 11.4. The highest BCUT2D eigenvalue weighted by atomic mass is 16.6. The van der Waals surface area contributed by atoms with Gasteiger partial charge in [0.15, 0.2) is 17.1 Å². The molecule has 0 spiro atoms. The molecule has 0 radical (unpaired) electrons. The molecule has 1 amide bonds. The summed E-state index contributed by atoms with van der Waals surface area (Å²) in [6.45, 7) is 1.63. The number of rotatable bonds is 4. The van der Waals surface area contributed by atoms with Crippen LogP contribution in [0.4, 0.5) is 0 Å². The highest BCUT2D eigenvalue weighted by Crippen LogP contribution is 2.38. The zero-order valence-corrected chi connectivity index (χ0v) is 18.5. The maximum absolute atomic E-state index is 13.3. The molecule has 0 saturated carbocycles. The van der Waals surface area contributed by atoms with E-state index < -0.39 is 0 Å². The van der Waals surface area contributed by atoms with Crippen molar-refractivity contribution in [1.29, 1.82) is 0 Å². The Morgan fingerprint density at radius 1 is 1.06 bits per heavy atom. The third kappa shape index (κ3) is 3.49. The van der Waals surface area contributed by atoms with Gasteiger partial charge in [-0.25, -0.2) is 9.67 Å². The molecule has 0 unspecified atom stereocenters. The van der Waals surface area contributed by atoms with Gasteiger partial charge in [-0.15, -0.1) is 0 Å². The number of fused-ring (bicyclic) bond motifs is 2. The number of carbonyl (C=O) groups is 1. The van der Waals surface area contributed by atoms with Crippen molar-refractivity contribution < 1.29 is 14.3 Å². The van der Waals surface area contributed by atoms with Crippen LogP contribution in [0.1, 0.15) is 24.4 Å². The summed E-state index contributed by atoms with van der Waals surface area (Å²) in [4.78, 5) is 32.7. The summed E-state index contributed by atoms with van der Waals surface area (Å²) in [5.41, 5.74) is 2.02. The normalized spacial score (nSPS) is 17.3. The van der Waals surface area contributed by atoms with E-state index in [2.05, 4.69) is 10.1 Å². The molecule has 1 atom stereocenters. The molecule has 9 heteroatoms. The second-order valence-electron chi connectivity index (χ2n) is 8.46. The Kier molecular flexibility index (Phi) is 5.01. The van der Waals surface area contributed by atoms with Crippen LogP contribution < -0.4 is 15.0 Å². The molecule has 0 bridgehead atoms. The number of hydrogen-bond donors (Lipinski definition) is 0. The minimum absolute atomic E-state index is 0.0588. The van der Waals surface area contributed by atoms with Gasteiger partial charge in [-0.2, -0.15) is 5.10 Å². The van der Waals surface area contributed by atoms with Crippen LogP contribution in [0.5, 0.6) is 11.5 Å². The molecular weight excluding hydrogens is 434 g/mol. The number of para-hydroxylation sites is 1. The minimum Gasteiger partial charge on any atom is -0.486 e. The maximum atomic E-state index is 13.3. The van der Waals surface area contributed by atoms with Gasteiger partial charge in [-0.05, 0) is 42.7 Å². The first kappa shape index (κ1) is 20.5. The van der Waals surface area contributed by atoms with Crippen molar-refractivity contribution >= 4 is 16.9 Å². The molecule has 9 nitrogen and oxygen atoms in total. The van der Waals surface area contributed by atoms with E-state index in [-0.39, 0.29) is 24.1 Å². The van der Waals surface area contributed by atoms with E-state index in [1.165, 1.54) is 17.1 Å². The molecule has 34 heavy (non-hydrogen) atoms. The number of carbonyl (C=O) groups excluding carboxylic acids is 1. The van der Waals surface area contributed by atoms with Crippen molar-refractivity contribution in [2.24, 2.45) is 0 Å². The van der Waals surface area contributed by atoms with Crippen LogP contribution in [0.15, 0.2) is 65.8 Å². The van der Waals surface area contributed by atoms with Crippen molar-refractivity contribution in [3.05, 3.63) is 77.0 Å². The van der Waals surface area contributed by atoms with E-state index in [0.29, 0.717) is 36.5 Å². The van der Waals surface area contributed by atoms with Gasteiger partial charge >= 0.3 is 0 Å². The van der Waals surface area contributed by atoms with Crippen molar-refractivity contribution in [3.63, 3.8) is 0 Å². The highest BCUT2D eigenvalue weighted by molar-refractivity contribution is 5.78. The molecule has 6 rings (SSSR count). The van der Waals surface area contributed by atoms with Gasteiger partial charge in [0.25, 0.3) is 5.56 Å². The first-order chi connectivity index (χ1) is 16.7. The predicted molar refractivity (Wildman–Crippen MR) is 124 cm³/mol.